The Hall–Kier alpha value is -1.96. The number of ether oxygens (including phenoxy) is 2. The Morgan fingerprint density at radius 1 is 0.882 bits per heavy atom. The lowest BCUT2D eigenvalue weighted by molar-refractivity contribution is 0.311. The molecule has 2 aromatic carbocycles. The molecule has 0 bridgehead atoms. The maximum absolute atomic E-state index is 5.57. The SMILES string of the molecule is CCOc1cc(-c2ccccc2)ccc1OC. The minimum absolute atomic E-state index is 0.634. The van der Waals surface area contributed by atoms with Gasteiger partial charge in [-0.05, 0) is 30.2 Å². The monoisotopic (exact) mass is 228 g/mol. The maximum Gasteiger partial charge on any atom is 0.161 e. The van der Waals surface area contributed by atoms with Gasteiger partial charge in [-0.2, -0.15) is 0 Å². The maximum atomic E-state index is 5.57. The highest BCUT2D eigenvalue weighted by Crippen LogP contribution is 2.32. The second kappa shape index (κ2) is 5.39. The van der Waals surface area contributed by atoms with Crippen LogP contribution in [0.5, 0.6) is 11.5 Å². The molecule has 0 fully saturated rings. The van der Waals surface area contributed by atoms with Gasteiger partial charge in [0.2, 0.25) is 0 Å². The van der Waals surface area contributed by atoms with E-state index in [1.807, 2.05) is 43.3 Å². The molecule has 0 atom stereocenters. The van der Waals surface area contributed by atoms with E-state index < -0.39 is 0 Å². The highest BCUT2D eigenvalue weighted by molar-refractivity contribution is 5.67. The lowest BCUT2D eigenvalue weighted by Crippen LogP contribution is -1.95. The summed E-state index contributed by atoms with van der Waals surface area (Å²) < 4.78 is 10.8. The lowest BCUT2D eigenvalue weighted by Gasteiger charge is -2.11. The Bertz CT molecular complexity index is 478. The van der Waals surface area contributed by atoms with Crippen LogP contribution < -0.4 is 9.47 Å². The van der Waals surface area contributed by atoms with Gasteiger partial charge in [-0.3, -0.25) is 0 Å². The Balaban J connectivity index is 2.40. The van der Waals surface area contributed by atoms with E-state index in [1.54, 1.807) is 7.11 Å². The largest absolute Gasteiger partial charge is 0.493 e. The fourth-order valence-corrected chi connectivity index (χ4v) is 1.76. The van der Waals surface area contributed by atoms with Crippen molar-refractivity contribution in [2.45, 2.75) is 6.92 Å². The molecule has 2 rings (SSSR count). The first kappa shape index (κ1) is 11.5. The first-order valence-electron chi connectivity index (χ1n) is 5.71. The quantitative estimate of drug-likeness (QED) is 0.793. The topological polar surface area (TPSA) is 18.5 Å². The van der Waals surface area contributed by atoms with Crippen LogP contribution in [0.2, 0.25) is 0 Å². The van der Waals surface area contributed by atoms with Gasteiger partial charge >= 0.3 is 0 Å². The predicted octanol–water partition coefficient (Wildman–Crippen LogP) is 3.76. The third-order valence-electron chi connectivity index (χ3n) is 2.57. The van der Waals surface area contributed by atoms with Crippen molar-refractivity contribution in [3.05, 3.63) is 48.5 Å². The van der Waals surface area contributed by atoms with Gasteiger partial charge in [0.15, 0.2) is 11.5 Å². The van der Waals surface area contributed by atoms with Crippen molar-refractivity contribution < 1.29 is 9.47 Å². The van der Waals surface area contributed by atoms with Crippen molar-refractivity contribution in [1.29, 1.82) is 0 Å². The summed E-state index contributed by atoms with van der Waals surface area (Å²) in [6.45, 7) is 2.60. The molecule has 0 aliphatic rings. The van der Waals surface area contributed by atoms with Gasteiger partial charge < -0.3 is 9.47 Å². The molecule has 0 aliphatic heterocycles. The van der Waals surface area contributed by atoms with Crippen LogP contribution >= 0.6 is 0 Å². The molecule has 0 N–H and O–H groups in total. The summed E-state index contributed by atoms with van der Waals surface area (Å²) in [5.41, 5.74) is 2.31. The van der Waals surface area contributed by atoms with Crippen LogP contribution in [0, 0.1) is 0 Å². The average Bonchev–Trinajstić information content (AvgIpc) is 2.40. The minimum atomic E-state index is 0.634. The normalized spacial score (nSPS) is 10.0. The van der Waals surface area contributed by atoms with Gasteiger partial charge in [-0.15, -0.1) is 0 Å². The molecule has 2 nitrogen and oxygen atoms in total. The summed E-state index contributed by atoms with van der Waals surface area (Å²) >= 11 is 0. The zero-order valence-electron chi connectivity index (χ0n) is 10.1. The second-order valence-corrected chi connectivity index (χ2v) is 3.66. The Labute approximate surface area is 102 Å². The Morgan fingerprint density at radius 2 is 1.65 bits per heavy atom. The predicted molar refractivity (Wildman–Crippen MR) is 69.6 cm³/mol. The van der Waals surface area contributed by atoms with Crippen LogP contribution in [-0.4, -0.2) is 13.7 Å². The number of methoxy groups -OCH3 is 1. The van der Waals surface area contributed by atoms with E-state index >= 15 is 0 Å². The molecule has 2 aromatic rings. The highest BCUT2D eigenvalue weighted by atomic mass is 16.5. The number of rotatable bonds is 4. The zero-order chi connectivity index (χ0) is 12.1. The number of hydrogen-bond donors (Lipinski definition) is 0. The summed E-state index contributed by atoms with van der Waals surface area (Å²) in [5.74, 6) is 1.56. The standard InChI is InChI=1S/C15H16O2/c1-3-17-15-11-13(9-10-14(15)16-2)12-7-5-4-6-8-12/h4-11H,3H2,1-2H3. The first-order valence-corrected chi connectivity index (χ1v) is 5.71. The average molecular weight is 228 g/mol. The summed E-state index contributed by atoms with van der Waals surface area (Å²) in [6, 6.07) is 16.2. The summed E-state index contributed by atoms with van der Waals surface area (Å²) in [5, 5.41) is 0. The van der Waals surface area contributed by atoms with Gasteiger partial charge in [0.05, 0.1) is 13.7 Å². The Kier molecular flexibility index (Phi) is 3.66. The van der Waals surface area contributed by atoms with E-state index in [2.05, 4.69) is 12.1 Å². The van der Waals surface area contributed by atoms with Gasteiger partial charge in [-0.25, -0.2) is 0 Å². The third-order valence-corrected chi connectivity index (χ3v) is 2.57. The van der Waals surface area contributed by atoms with Gasteiger partial charge in [-0.1, -0.05) is 36.4 Å². The van der Waals surface area contributed by atoms with Crippen molar-refractivity contribution in [1.82, 2.24) is 0 Å². The van der Waals surface area contributed by atoms with E-state index in [-0.39, 0.29) is 0 Å². The van der Waals surface area contributed by atoms with E-state index in [0.717, 1.165) is 17.1 Å². The van der Waals surface area contributed by atoms with Crippen LogP contribution in [0.15, 0.2) is 48.5 Å². The number of benzene rings is 2. The molecule has 0 spiro atoms. The molecule has 0 saturated heterocycles. The molecular weight excluding hydrogens is 212 g/mol. The van der Waals surface area contributed by atoms with Crippen LogP contribution in [0.4, 0.5) is 0 Å². The molecule has 0 saturated carbocycles. The molecule has 0 radical (unpaired) electrons. The van der Waals surface area contributed by atoms with Gasteiger partial charge in [0.25, 0.3) is 0 Å². The van der Waals surface area contributed by atoms with Gasteiger partial charge in [0, 0.05) is 0 Å². The molecule has 0 heterocycles. The molecule has 0 unspecified atom stereocenters. The van der Waals surface area contributed by atoms with Crippen LogP contribution in [0.3, 0.4) is 0 Å². The summed E-state index contributed by atoms with van der Waals surface area (Å²) in [4.78, 5) is 0. The minimum Gasteiger partial charge on any atom is -0.493 e. The highest BCUT2D eigenvalue weighted by Gasteiger charge is 2.06. The van der Waals surface area contributed by atoms with E-state index in [9.17, 15) is 0 Å². The smallest absolute Gasteiger partial charge is 0.161 e. The number of hydrogen-bond acceptors (Lipinski definition) is 2. The zero-order valence-corrected chi connectivity index (χ0v) is 10.1. The van der Waals surface area contributed by atoms with Crippen molar-refractivity contribution >= 4 is 0 Å². The van der Waals surface area contributed by atoms with E-state index in [0.29, 0.717) is 6.61 Å². The van der Waals surface area contributed by atoms with E-state index in [1.165, 1.54) is 5.56 Å². The first-order chi connectivity index (χ1) is 8.35. The molecule has 0 aromatic heterocycles. The van der Waals surface area contributed by atoms with Crippen molar-refractivity contribution in [2.24, 2.45) is 0 Å². The molecular formula is C15H16O2. The third kappa shape index (κ3) is 2.59. The molecule has 17 heavy (non-hydrogen) atoms. The molecule has 88 valence electrons. The van der Waals surface area contributed by atoms with Gasteiger partial charge in [0.1, 0.15) is 0 Å². The van der Waals surface area contributed by atoms with E-state index in [4.69, 9.17) is 9.47 Å². The summed E-state index contributed by atoms with van der Waals surface area (Å²) in [7, 11) is 1.65. The van der Waals surface area contributed by atoms with Crippen LogP contribution in [-0.2, 0) is 0 Å². The lowest BCUT2D eigenvalue weighted by atomic mass is 10.1. The fourth-order valence-electron chi connectivity index (χ4n) is 1.76. The van der Waals surface area contributed by atoms with Crippen molar-refractivity contribution in [3.63, 3.8) is 0 Å². The van der Waals surface area contributed by atoms with Crippen molar-refractivity contribution in [2.75, 3.05) is 13.7 Å². The molecule has 0 aliphatic carbocycles. The summed E-state index contributed by atoms with van der Waals surface area (Å²) in [6.07, 6.45) is 0. The second-order valence-electron chi connectivity index (χ2n) is 3.66. The molecule has 2 heteroatoms. The fraction of sp³-hybridized carbons (Fsp3) is 0.200. The van der Waals surface area contributed by atoms with Crippen LogP contribution in [0.1, 0.15) is 6.92 Å². The molecule has 0 amide bonds. The van der Waals surface area contributed by atoms with Crippen LogP contribution in [0.25, 0.3) is 11.1 Å². The Morgan fingerprint density at radius 3 is 2.29 bits per heavy atom. The van der Waals surface area contributed by atoms with Crippen molar-refractivity contribution in [3.8, 4) is 22.6 Å².